The normalized spacial score (nSPS) is 9.35. The highest BCUT2D eigenvalue weighted by Gasteiger charge is 2.11. The molecular weight excluding hydrogens is 296 g/mol. The van der Waals surface area contributed by atoms with Gasteiger partial charge in [-0.25, -0.2) is 4.79 Å². The van der Waals surface area contributed by atoms with Crippen molar-refractivity contribution < 1.29 is 19.0 Å². The summed E-state index contributed by atoms with van der Waals surface area (Å²) in [5.41, 5.74) is 0.901. The first-order chi connectivity index (χ1) is 11.2. The zero-order valence-electron chi connectivity index (χ0n) is 12.3. The van der Waals surface area contributed by atoms with Gasteiger partial charge >= 0.3 is 5.97 Å². The summed E-state index contributed by atoms with van der Waals surface area (Å²) in [7, 11) is 1.42. The molecule has 0 radical (unpaired) electrons. The van der Waals surface area contributed by atoms with Gasteiger partial charge in [0.25, 0.3) is 0 Å². The Bertz CT molecular complexity index is 786. The highest BCUT2D eigenvalue weighted by molar-refractivity contribution is 5.75. The molecule has 114 valence electrons. The number of hydrogen-bond donors (Lipinski definition) is 0. The second-order valence-corrected chi connectivity index (χ2v) is 4.38. The number of carbonyl (C=O) groups is 1. The predicted molar refractivity (Wildman–Crippen MR) is 80.0 cm³/mol. The van der Waals surface area contributed by atoms with E-state index >= 15 is 0 Å². The van der Waals surface area contributed by atoms with Crippen LogP contribution in [0.3, 0.4) is 0 Å². The number of carbonyl (C=O) groups excluding carboxylic acids is 1. The average Bonchev–Trinajstić information content (AvgIpc) is 2.60. The molecule has 0 fully saturated rings. The van der Waals surface area contributed by atoms with Gasteiger partial charge in [0.05, 0.1) is 30.4 Å². The summed E-state index contributed by atoms with van der Waals surface area (Å²) >= 11 is 0. The molecule has 0 heterocycles. The maximum Gasteiger partial charge on any atom is 0.349 e. The molecule has 0 aliphatic rings. The van der Waals surface area contributed by atoms with Crippen molar-refractivity contribution in [3.05, 3.63) is 53.6 Å². The number of methoxy groups -OCH3 is 1. The van der Waals surface area contributed by atoms with Crippen LogP contribution in [0.1, 0.15) is 11.1 Å². The SMILES string of the molecule is COc1cc(C#N)ccc1OC(=O)COc1ccc(C#N)cc1. The molecule has 0 amide bonds. The van der Waals surface area contributed by atoms with Crippen molar-refractivity contribution >= 4 is 5.97 Å². The first-order valence-electron chi connectivity index (χ1n) is 6.58. The summed E-state index contributed by atoms with van der Waals surface area (Å²) in [6, 6.07) is 14.8. The zero-order valence-corrected chi connectivity index (χ0v) is 12.3. The van der Waals surface area contributed by atoms with Crippen LogP contribution in [-0.4, -0.2) is 19.7 Å². The quantitative estimate of drug-likeness (QED) is 0.622. The molecule has 2 rings (SSSR count). The van der Waals surface area contributed by atoms with Crippen LogP contribution in [0.4, 0.5) is 0 Å². The van der Waals surface area contributed by atoms with Crippen molar-refractivity contribution in [3.8, 4) is 29.4 Å². The topological polar surface area (TPSA) is 92.3 Å². The van der Waals surface area contributed by atoms with Gasteiger partial charge in [-0.3, -0.25) is 0 Å². The largest absolute Gasteiger partial charge is 0.493 e. The molecule has 0 atom stereocenters. The van der Waals surface area contributed by atoms with E-state index in [2.05, 4.69) is 0 Å². The van der Waals surface area contributed by atoms with Crippen molar-refractivity contribution in [2.75, 3.05) is 13.7 Å². The molecule has 0 N–H and O–H groups in total. The van der Waals surface area contributed by atoms with E-state index in [0.717, 1.165) is 0 Å². The van der Waals surface area contributed by atoms with E-state index in [1.54, 1.807) is 24.3 Å². The first kappa shape index (κ1) is 15.9. The first-order valence-corrected chi connectivity index (χ1v) is 6.58. The Morgan fingerprint density at radius 3 is 2.26 bits per heavy atom. The van der Waals surface area contributed by atoms with Gasteiger partial charge in [-0.15, -0.1) is 0 Å². The van der Waals surface area contributed by atoms with Crippen molar-refractivity contribution in [2.24, 2.45) is 0 Å². The molecular formula is C17H12N2O4. The molecule has 0 bridgehead atoms. The molecule has 0 unspecified atom stereocenters. The Morgan fingerprint density at radius 2 is 1.65 bits per heavy atom. The van der Waals surface area contributed by atoms with Crippen molar-refractivity contribution in [3.63, 3.8) is 0 Å². The molecule has 23 heavy (non-hydrogen) atoms. The van der Waals surface area contributed by atoms with Gasteiger partial charge in [-0.1, -0.05) is 0 Å². The van der Waals surface area contributed by atoms with E-state index < -0.39 is 5.97 Å². The Morgan fingerprint density at radius 1 is 1.00 bits per heavy atom. The third-order valence-electron chi connectivity index (χ3n) is 2.86. The molecule has 6 heteroatoms. The number of nitriles is 2. The Balaban J connectivity index is 1.97. The molecule has 0 aromatic heterocycles. The Hall–Kier alpha value is -3.51. The minimum absolute atomic E-state index is 0.208. The molecule has 0 aliphatic heterocycles. The minimum atomic E-state index is -0.614. The number of ether oxygens (including phenoxy) is 3. The van der Waals surface area contributed by atoms with E-state index in [1.165, 1.54) is 25.3 Å². The second-order valence-electron chi connectivity index (χ2n) is 4.38. The smallest absolute Gasteiger partial charge is 0.349 e. The van der Waals surface area contributed by atoms with Crippen LogP contribution in [0.15, 0.2) is 42.5 Å². The molecule has 0 saturated heterocycles. The fourth-order valence-electron chi connectivity index (χ4n) is 1.74. The Kier molecular flexibility index (Phi) is 5.16. The number of rotatable bonds is 5. The summed E-state index contributed by atoms with van der Waals surface area (Å²) in [5, 5.41) is 17.5. The molecule has 0 spiro atoms. The van der Waals surface area contributed by atoms with Crippen LogP contribution in [-0.2, 0) is 4.79 Å². The summed E-state index contributed by atoms with van der Waals surface area (Å²) in [5.74, 6) is 0.334. The summed E-state index contributed by atoms with van der Waals surface area (Å²) < 4.78 is 15.5. The highest BCUT2D eigenvalue weighted by atomic mass is 16.6. The number of nitrogens with zero attached hydrogens (tertiary/aromatic N) is 2. The third kappa shape index (κ3) is 4.23. The van der Waals surface area contributed by atoms with Gasteiger partial charge in [-0.2, -0.15) is 10.5 Å². The van der Waals surface area contributed by atoms with Gasteiger partial charge in [0.15, 0.2) is 18.1 Å². The lowest BCUT2D eigenvalue weighted by atomic mass is 10.2. The summed E-state index contributed by atoms with van der Waals surface area (Å²) in [6.07, 6.45) is 0. The maximum atomic E-state index is 11.8. The fourth-order valence-corrected chi connectivity index (χ4v) is 1.74. The fraction of sp³-hybridized carbons (Fsp3) is 0.118. The third-order valence-corrected chi connectivity index (χ3v) is 2.86. The molecule has 6 nitrogen and oxygen atoms in total. The monoisotopic (exact) mass is 308 g/mol. The van der Waals surface area contributed by atoms with E-state index in [1.807, 2.05) is 12.1 Å². The predicted octanol–water partition coefficient (Wildman–Crippen LogP) is 2.42. The second kappa shape index (κ2) is 7.48. The van der Waals surface area contributed by atoms with Crippen LogP contribution in [0.25, 0.3) is 0 Å². The van der Waals surface area contributed by atoms with Gasteiger partial charge in [0.2, 0.25) is 0 Å². The molecule has 2 aromatic rings. The number of hydrogen-bond acceptors (Lipinski definition) is 6. The van der Waals surface area contributed by atoms with Crippen LogP contribution >= 0.6 is 0 Å². The lowest BCUT2D eigenvalue weighted by molar-refractivity contribution is -0.136. The van der Waals surface area contributed by atoms with Crippen molar-refractivity contribution in [1.29, 1.82) is 10.5 Å². The molecule has 0 aliphatic carbocycles. The van der Waals surface area contributed by atoms with Gasteiger partial charge in [0.1, 0.15) is 5.75 Å². The van der Waals surface area contributed by atoms with Crippen LogP contribution in [0.2, 0.25) is 0 Å². The van der Waals surface area contributed by atoms with Gasteiger partial charge < -0.3 is 14.2 Å². The average molecular weight is 308 g/mol. The summed E-state index contributed by atoms with van der Waals surface area (Å²) in [4.78, 5) is 11.8. The summed E-state index contributed by atoms with van der Waals surface area (Å²) in [6.45, 7) is -0.297. The standard InChI is InChI=1S/C17H12N2O4/c1-21-16-8-13(10-19)4-7-15(16)23-17(20)11-22-14-5-2-12(9-18)3-6-14/h2-8H,11H2,1H3. The van der Waals surface area contributed by atoms with Crippen LogP contribution in [0, 0.1) is 22.7 Å². The van der Waals surface area contributed by atoms with Crippen molar-refractivity contribution in [1.82, 2.24) is 0 Å². The highest BCUT2D eigenvalue weighted by Crippen LogP contribution is 2.28. The number of esters is 1. The van der Waals surface area contributed by atoms with Gasteiger partial charge in [0, 0.05) is 6.07 Å². The number of benzene rings is 2. The minimum Gasteiger partial charge on any atom is -0.493 e. The lowest BCUT2D eigenvalue weighted by Gasteiger charge is -2.10. The van der Waals surface area contributed by atoms with E-state index in [0.29, 0.717) is 16.9 Å². The zero-order chi connectivity index (χ0) is 16.7. The van der Waals surface area contributed by atoms with Crippen LogP contribution < -0.4 is 14.2 Å². The van der Waals surface area contributed by atoms with E-state index in [4.69, 9.17) is 24.7 Å². The van der Waals surface area contributed by atoms with E-state index in [-0.39, 0.29) is 18.1 Å². The Labute approximate surface area is 133 Å². The molecule has 0 saturated carbocycles. The maximum absolute atomic E-state index is 11.8. The van der Waals surface area contributed by atoms with Gasteiger partial charge in [-0.05, 0) is 36.4 Å². The van der Waals surface area contributed by atoms with E-state index in [9.17, 15) is 4.79 Å². The van der Waals surface area contributed by atoms with Crippen LogP contribution in [0.5, 0.6) is 17.2 Å². The lowest BCUT2D eigenvalue weighted by Crippen LogP contribution is -2.18. The van der Waals surface area contributed by atoms with Crippen molar-refractivity contribution in [2.45, 2.75) is 0 Å². The molecule has 2 aromatic carbocycles.